The van der Waals surface area contributed by atoms with Crippen molar-refractivity contribution in [2.75, 3.05) is 11.4 Å². The van der Waals surface area contributed by atoms with Crippen LogP contribution in [-0.2, 0) is 6.42 Å². The van der Waals surface area contributed by atoms with Crippen LogP contribution in [0.1, 0.15) is 11.1 Å². The van der Waals surface area contributed by atoms with E-state index in [1.807, 2.05) is 18.2 Å². The van der Waals surface area contributed by atoms with Gasteiger partial charge in [-0.05, 0) is 36.2 Å². The first-order chi connectivity index (χ1) is 9.70. The monoisotopic (exact) mass is 287 g/mol. The van der Waals surface area contributed by atoms with Gasteiger partial charge in [0.25, 0.3) is 0 Å². The van der Waals surface area contributed by atoms with E-state index in [9.17, 15) is 0 Å². The average Bonchev–Trinajstić information content (AvgIpc) is 2.90. The van der Waals surface area contributed by atoms with Crippen molar-refractivity contribution in [3.05, 3.63) is 58.6 Å². The second-order valence-corrected chi connectivity index (χ2v) is 5.09. The molecule has 0 amide bonds. The molecule has 5 heteroatoms. The van der Waals surface area contributed by atoms with E-state index in [1.165, 1.54) is 11.3 Å². The third kappa shape index (κ3) is 2.08. The molecule has 0 aromatic heterocycles. The molecule has 0 radical (unpaired) electrons. The molecule has 1 aliphatic rings. The number of halogens is 1. The first-order valence-corrected chi connectivity index (χ1v) is 6.71. The third-order valence-corrected chi connectivity index (χ3v) is 3.83. The maximum atomic E-state index is 8.70. The molecule has 0 unspecified atom stereocenters. The third-order valence-electron chi connectivity index (χ3n) is 3.53. The van der Waals surface area contributed by atoms with E-state index in [0.717, 1.165) is 18.7 Å². The first kappa shape index (κ1) is 12.8. The molecule has 1 heterocycles. The second kappa shape index (κ2) is 5.06. The van der Waals surface area contributed by atoms with Gasteiger partial charge in [-0.25, -0.2) is 0 Å². The first-order valence-electron chi connectivity index (χ1n) is 6.33. The van der Waals surface area contributed by atoms with Crippen molar-refractivity contribution in [3.8, 4) is 0 Å². The van der Waals surface area contributed by atoms with Gasteiger partial charge < -0.3 is 15.8 Å². The van der Waals surface area contributed by atoms with E-state index in [4.69, 9.17) is 22.5 Å². The van der Waals surface area contributed by atoms with Gasteiger partial charge in [-0.2, -0.15) is 0 Å². The summed E-state index contributed by atoms with van der Waals surface area (Å²) in [4.78, 5) is 2.19. The number of anilines is 2. The van der Waals surface area contributed by atoms with Gasteiger partial charge in [0.15, 0.2) is 5.84 Å². The van der Waals surface area contributed by atoms with E-state index in [1.54, 1.807) is 12.1 Å². The number of oxime groups is 1. The topological polar surface area (TPSA) is 61.9 Å². The van der Waals surface area contributed by atoms with E-state index < -0.39 is 0 Å². The van der Waals surface area contributed by atoms with Crippen LogP contribution in [0.4, 0.5) is 11.4 Å². The SMILES string of the molecule is NC(=NO)c1ccc(N2CCc3ccccc32)c(Cl)c1. The lowest BCUT2D eigenvalue weighted by atomic mass is 10.1. The van der Waals surface area contributed by atoms with Gasteiger partial charge in [0.1, 0.15) is 0 Å². The van der Waals surface area contributed by atoms with Crippen LogP contribution < -0.4 is 10.6 Å². The van der Waals surface area contributed by atoms with E-state index in [0.29, 0.717) is 10.6 Å². The summed E-state index contributed by atoms with van der Waals surface area (Å²) in [6.07, 6.45) is 1.01. The quantitative estimate of drug-likeness (QED) is 0.386. The van der Waals surface area contributed by atoms with Crippen molar-refractivity contribution in [3.63, 3.8) is 0 Å². The molecule has 102 valence electrons. The van der Waals surface area contributed by atoms with E-state index >= 15 is 0 Å². The number of benzene rings is 2. The highest BCUT2D eigenvalue weighted by Gasteiger charge is 2.21. The molecule has 0 aliphatic carbocycles. The molecule has 3 rings (SSSR count). The van der Waals surface area contributed by atoms with Gasteiger partial charge in [0.05, 0.1) is 10.7 Å². The smallest absolute Gasteiger partial charge is 0.170 e. The van der Waals surface area contributed by atoms with Crippen molar-refractivity contribution in [1.82, 2.24) is 0 Å². The minimum absolute atomic E-state index is 0.0558. The number of rotatable bonds is 2. The number of amidine groups is 1. The highest BCUT2D eigenvalue weighted by Crippen LogP contribution is 2.38. The van der Waals surface area contributed by atoms with Crippen LogP contribution in [-0.4, -0.2) is 17.6 Å². The predicted molar refractivity (Wildman–Crippen MR) is 81.1 cm³/mol. The Morgan fingerprint density at radius 2 is 2.00 bits per heavy atom. The molecular weight excluding hydrogens is 274 g/mol. The summed E-state index contributed by atoms with van der Waals surface area (Å²) in [6, 6.07) is 13.7. The zero-order valence-corrected chi connectivity index (χ0v) is 11.5. The Balaban J connectivity index is 2.01. The molecule has 0 saturated carbocycles. The fourth-order valence-electron chi connectivity index (χ4n) is 2.53. The molecule has 0 spiro atoms. The van der Waals surface area contributed by atoms with Gasteiger partial charge in [0.2, 0.25) is 0 Å². The Hall–Kier alpha value is -2.20. The van der Waals surface area contributed by atoms with Gasteiger partial charge >= 0.3 is 0 Å². The largest absolute Gasteiger partial charge is 0.409 e. The van der Waals surface area contributed by atoms with Crippen molar-refractivity contribution >= 4 is 28.8 Å². The maximum Gasteiger partial charge on any atom is 0.170 e. The van der Waals surface area contributed by atoms with Crippen LogP contribution in [0.15, 0.2) is 47.6 Å². The second-order valence-electron chi connectivity index (χ2n) is 4.68. The number of nitrogens with zero attached hydrogens (tertiary/aromatic N) is 2. The Morgan fingerprint density at radius 1 is 1.20 bits per heavy atom. The normalized spacial score (nSPS) is 14.4. The molecule has 2 aromatic rings. The number of hydrogen-bond donors (Lipinski definition) is 2. The molecule has 0 bridgehead atoms. The zero-order chi connectivity index (χ0) is 14.1. The highest BCUT2D eigenvalue weighted by atomic mass is 35.5. The van der Waals surface area contributed by atoms with Crippen LogP contribution in [0, 0.1) is 0 Å². The van der Waals surface area contributed by atoms with Crippen molar-refractivity contribution in [1.29, 1.82) is 0 Å². The number of hydrogen-bond acceptors (Lipinski definition) is 3. The molecule has 0 atom stereocenters. The molecule has 20 heavy (non-hydrogen) atoms. The standard InChI is InChI=1S/C15H14ClN3O/c16-12-9-11(15(17)18-20)5-6-14(12)19-8-7-10-3-1-2-4-13(10)19/h1-6,9,20H,7-8H2,(H2,17,18). The summed E-state index contributed by atoms with van der Waals surface area (Å²) in [7, 11) is 0. The van der Waals surface area contributed by atoms with Crippen LogP contribution in [0.5, 0.6) is 0 Å². The Kier molecular flexibility index (Phi) is 3.24. The van der Waals surface area contributed by atoms with Gasteiger partial charge in [-0.15, -0.1) is 0 Å². The molecule has 3 N–H and O–H groups in total. The number of fused-ring (bicyclic) bond motifs is 1. The fourth-order valence-corrected chi connectivity index (χ4v) is 2.81. The average molecular weight is 288 g/mol. The maximum absolute atomic E-state index is 8.70. The van der Waals surface area contributed by atoms with Crippen LogP contribution in [0.3, 0.4) is 0 Å². The molecule has 2 aromatic carbocycles. The predicted octanol–water partition coefficient (Wildman–Crippen LogP) is 3.13. The van der Waals surface area contributed by atoms with Crippen LogP contribution in [0.2, 0.25) is 5.02 Å². The lowest BCUT2D eigenvalue weighted by Crippen LogP contribution is -2.16. The highest BCUT2D eigenvalue weighted by molar-refractivity contribution is 6.33. The summed E-state index contributed by atoms with van der Waals surface area (Å²) < 4.78 is 0. The number of para-hydroxylation sites is 1. The Labute approximate surface area is 122 Å². The minimum atomic E-state index is 0.0558. The Bertz CT molecular complexity index is 685. The molecule has 0 saturated heterocycles. The van der Waals surface area contributed by atoms with Gasteiger partial charge in [-0.1, -0.05) is 35.0 Å². The van der Waals surface area contributed by atoms with Gasteiger partial charge in [-0.3, -0.25) is 0 Å². The zero-order valence-electron chi connectivity index (χ0n) is 10.8. The summed E-state index contributed by atoms with van der Waals surface area (Å²) in [5.74, 6) is 0.0558. The molecule has 4 nitrogen and oxygen atoms in total. The summed E-state index contributed by atoms with van der Waals surface area (Å²) >= 11 is 6.34. The molecule has 0 fully saturated rings. The van der Waals surface area contributed by atoms with Crippen molar-refractivity contribution in [2.24, 2.45) is 10.9 Å². The van der Waals surface area contributed by atoms with Crippen LogP contribution in [0.25, 0.3) is 0 Å². The molecule has 1 aliphatic heterocycles. The lowest BCUT2D eigenvalue weighted by Gasteiger charge is -2.21. The number of nitrogens with two attached hydrogens (primary N) is 1. The van der Waals surface area contributed by atoms with Crippen molar-refractivity contribution < 1.29 is 5.21 Å². The lowest BCUT2D eigenvalue weighted by molar-refractivity contribution is 0.318. The molecular formula is C15H14ClN3O. The van der Waals surface area contributed by atoms with Crippen molar-refractivity contribution in [2.45, 2.75) is 6.42 Å². The van der Waals surface area contributed by atoms with Gasteiger partial charge in [0, 0.05) is 17.8 Å². The van der Waals surface area contributed by atoms with E-state index in [-0.39, 0.29) is 5.84 Å². The van der Waals surface area contributed by atoms with Crippen LogP contribution >= 0.6 is 11.6 Å². The summed E-state index contributed by atoms with van der Waals surface area (Å²) in [5, 5.41) is 12.3. The fraction of sp³-hybridized carbons (Fsp3) is 0.133. The summed E-state index contributed by atoms with van der Waals surface area (Å²) in [5.41, 5.74) is 9.62. The summed E-state index contributed by atoms with van der Waals surface area (Å²) in [6.45, 7) is 0.905. The minimum Gasteiger partial charge on any atom is -0.409 e. The Morgan fingerprint density at radius 3 is 2.75 bits per heavy atom. The van der Waals surface area contributed by atoms with E-state index in [2.05, 4.69) is 22.2 Å².